The van der Waals surface area contributed by atoms with Gasteiger partial charge in [-0.1, -0.05) is 12.1 Å². The fourth-order valence-corrected chi connectivity index (χ4v) is 15.0. The molecule has 0 saturated carbocycles. The third-order valence-corrected chi connectivity index (χ3v) is 22.2. The van der Waals surface area contributed by atoms with Gasteiger partial charge in [-0.3, -0.25) is 119 Å². The summed E-state index contributed by atoms with van der Waals surface area (Å²) in [4.78, 5) is 255. The zero-order chi connectivity index (χ0) is 105. The topological polar surface area (TPSA) is 1010 Å². The van der Waals surface area contributed by atoms with Crippen molar-refractivity contribution in [2.75, 3.05) is 85.1 Å². The van der Waals surface area contributed by atoms with Crippen molar-refractivity contribution in [1.82, 2.24) is 111 Å². The number of carbonyl (C=O) groups excluding carboxylic acids is 17. The maximum atomic E-state index is 15.3. The summed E-state index contributed by atoms with van der Waals surface area (Å²) in [5.74, 6) is -20.2. The van der Waals surface area contributed by atoms with E-state index in [9.17, 15) is 67.7 Å². The van der Waals surface area contributed by atoms with E-state index >= 15 is 28.8 Å². The fraction of sp³-hybridized carbons (Fsp3) is 0.639. The standard InChI is InChI=1S/C83H146N38O20/c84-31-3-1-13-48(111-67(131)47(109-62(125)42-86)15-5-33-101-78(89)90)68(132)112-49(14-2-4-32-85)69(133)113-50(16-6-34-102-79(91)92)70(134)114-52(18-8-36-104-81(95)96)72(136)117-55(28-30-61(88)124)74(138)116-51(17-7-35-103-80(93)94)71(135)115-53(19-9-37-105-82(97)98)73(137)119-56(20-10-38-106-83(99)100)76(140)121-40-12-22-59(121)77(141)120-39-11-21-58(120)75(139)118-54(27-29-60(87)123)65(129)107-43-63(126)110-57(66(130)108-44-64(127)128)41-45-23-25-46(122)26-24-45/h23-26,47-59,122H,1-22,27-44,84-86H2,(H2,87,123)(H2,88,124)(H,107,129)(H,108,130)(H,109,125)(H,110,126)(H,111,131)(H,112,132)(H,113,133)(H,114,134)(H,115,135)(H,116,138)(H,117,136)(H,118,139)(H,119,137)(H,127,128)(H4,89,90,101)(H4,91,92,102)(H4,93,94,103)(H4,95,96,104)(H4,97,98,105)(H4,99,100,106)/t47-,48-,49-,50-,51-,52-,53-,54-,55-,56-,57-,58-,59-/m0/s1. The average Bonchev–Trinajstić information content (AvgIpc) is 1.64. The number of phenolic OH excluding ortho intramolecular Hbond substituents is 1. The van der Waals surface area contributed by atoms with Crippen molar-refractivity contribution in [2.45, 2.75) is 252 Å². The molecule has 0 spiro atoms. The number of nitrogens with two attached hydrogens (primary N) is 11. The van der Waals surface area contributed by atoms with Gasteiger partial charge in [0, 0.05) is 71.6 Å². The van der Waals surface area contributed by atoms with E-state index in [1.807, 2.05) is 0 Å². The van der Waals surface area contributed by atoms with E-state index < -0.39 is 260 Å². The molecule has 58 heteroatoms. The van der Waals surface area contributed by atoms with E-state index in [-0.39, 0.29) is 212 Å². The number of primary amides is 2. The highest BCUT2D eigenvalue weighted by Gasteiger charge is 2.46. The number of nitrogens with one attached hydrogen (secondary N) is 25. The Bertz CT molecular complexity index is 4420. The van der Waals surface area contributed by atoms with Crippen LogP contribution in [0.1, 0.15) is 173 Å². The number of nitrogens with zero attached hydrogens (tertiary/aromatic N) is 2. The molecule has 2 aliphatic heterocycles. The summed E-state index contributed by atoms with van der Waals surface area (Å²) in [6.07, 6.45) is -2.09. The summed E-state index contributed by atoms with van der Waals surface area (Å²) in [5.41, 5.74) is 62.2. The number of aliphatic carboxylic acids is 1. The molecule has 0 aromatic heterocycles. The minimum absolute atomic E-state index is 0.00424. The van der Waals surface area contributed by atoms with Gasteiger partial charge in [0.15, 0.2) is 35.8 Å². The molecule has 13 atom stereocenters. The summed E-state index contributed by atoms with van der Waals surface area (Å²) in [7, 11) is 0. The van der Waals surface area contributed by atoms with E-state index in [0.29, 0.717) is 18.4 Å². The smallest absolute Gasteiger partial charge is 0.322 e. The number of hydrogen-bond acceptors (Lipinski definition) is 28. The molecular formula is C83H146N38O20. The highest BCUT2D eigenvalue weighted by atomic mass is 16.4. The quantitative estimate of drug-likeness (QED) is 0.0164. The average molecular weight is 2000 g/mol. The Balaban J connectivity index is 2.09. The van der Waals surface area contributed by atoms with Crippen molar-refractivity contribution >= 4 is 142 Å². The van der Waals surface area contributed by atoms with Gasteiger partial charge in [-0.05, 0) is 185 Å². The molecule has 1 aromatic rings. The summed E-state index contributed by atoms with van der Waals surface area (Å²) in [6, 6.07) is -14.1. The normalized spacial score (nSPS) is 15.3. The lowest BCUT2D eigenvalue weighted by atomic mass is 10.0. The maximum Gasteiger partial charge on any atom is 0.322 e. The van der Waals surface area contributed by atoms with Gasteiger partial charge in [0.1, 0.15) is 90.8 Å². The number of benzene rings is 1. The van der Waals surface area contributed by atoms with E-state index in [1.54, 1.807) is 0 Å². The Morgan fingerprint density at radius 2 is 0.617 bits per heavy atom. The van der Waals surface area contributed by atoms with Crippen LogP contribution in [0.5, 0.6) is 5.75 Å². The Morgan fingerprint density at radius 1 is 0.326 bits per heavy atom. The molecular weight excluding hydrogens is 1850 g/mol. The number of amides is 17. The number of phenols is 1. The summed E-state index contributed by atoms with van der Waals surface area (Å²) < 4.78 is 0. The predicted octanol–water partition coefficient (Wildman–Crippen LogP) is -13.1. The molecule has 2 heterocycles. The molecule has 0 radical (unpaired) electrons. The van der Waals surface area contributed by atoms with Gasteiger partial charge >= 0.3 is 5.97 Å². The second-order valence-corrected chi connectivity index (χ2v) is 33.5. The third-order valence-electron chi connectivity index (χ3n) is 22.2. The lowest BCUT2D eigenvalue weighted by Gasteiger charge is -2.33. The monoisotopic (exact) mass is 2000 g/mol. The number of unbranched alkanes of at least 4 members (excludes halogenated alkanes) is 2. The molecule has 2 fully saturated rings. The number of likely N-dealkylation sites (tertiary alicyclic amines) is 2. The Hall–Kier alpha value is -15.0. The van der Waals surface area contributed by atoms with Crippen molar-refractivity contribution in [2.24, 2.45) is 63.1 Å². The summed E-state index contributed by atoms with van der Waals surface area (Å²) in [5, 5.41) is 114. The van der Waals surface area contributed by atoms with Gasteiger partial charge in [-0.25, -0.2) is 0 Å². The Kier molecular flexibility index (Phi) is 56.0. The number of hydrogen-bond donors (Lipinski definition) is 38. The van der Waals surface area contributed by atoms with Crippen molar-refractivity contribution < 1.29 is 96.5 Å². The van der Waals surface area contributed by atoms with Gasteiger partial charge in [-0.2, -0.15) is 0 Å². The van der Waals surface area contributed by atoms with Gasteiger partial charge in [0.05, 0.1) is 13.1 Å². The minimum atomic E-state index is -1.83. The molecule has 0 aliphatic carbocycles. The minimum Gasteiger partial charge on any atom is -0.508 e. The molecule has 141 heavy (non-hydrogen) atoms. The number of carboxylic acid groups (broad SMARTS) is 1. The highest BCUT2D eigenvalue weighted by Crippen LogP contribution is 2.27. The second-order valence-electron chi connectivity index (χ2n) is 33.5. The first-order chi connectivity index (χ1) is 66.9. The molecule has 49 N–H and O–H groups in total. The molecule has 58 nitrogen and oxygen atoms in total. The highest BCUT2D eigenvalue weighted by molar-refractivity contribution is 6.01. The Morgan fingerprint density at radius 3 is 0.950 bits per heavy atom. The molecule has 0 bridgehead atoms. The number of guanidine groups is 6. The van der Waals surface area contributed by atoms with E-state index in [4.69, 9.17) is 95.5 Å². The molecule has 0 unspecified atom stereocenters. The maximum absolute atomic E-state index is 15.3. The van der Waals surface area contributed by atoms with Crippen LogP contribution < -0.4 is 164 Å². The number of carboxylic acids is 1. The summed E-state index contributed by atoms with van der Waals surface area (Å²) in [6.45, 7) is -2.15. The zero-order valence-electron chi connectivity index (χ0n) is 79.1. The van der Waals surface area contributed by atoms with Crippen LogP contribution in [0.15, 0.2) is 24.3 Å². The largest absolute Gasteiger partial charge is 0.508 e. The predicted molar refractivity (Wildman–Crippen MR) is 513 cm³/mol. The lowest BCUT2D eigenvalue weighted by molar-refractivity contribution is -0.148. The Labute approximate surface area is 814 Å². The van der Waals surface area contributed by atoms with E-state index in [1.165, 1.54) is 34.1 Å². The molecule has 1 aromatic carbocycles. The number of carbonyl (C=O) groups is 18. The van der Waals surface area contributed by atoms with Crippen LogP contribution in [0.4, 0.5) is 0 Å². The fourth-order valence-electron chi connectivity index (χ4n) is 15.0. The SMILES string of the molecule is N=C(N)NCCC[C@H](NC(=O)CN)C(=O)N[C@@H](CCCCN)C(=O)N[C@@H](CCCCN)C(=O)N[C@@H](CCCNC(=N)N)C(=O)N[C@@H](CCCNC(=N)N)C(=O)N[C@@H](CCC(N)=O)C(=O)N[C@@H](CCCNC(=N)N)C(=O)N[C@@H](CCCNC(=N)N)C(=O)N[C@@H](CCCNC(=N)N)C(=O)N1CCC[C@H]1C(=O)N1CCC[C@H]1C(=O)N[C@@H](CCC(N)=O)C(=O)NCC(=O)N[C@@H](Cc1ccc(O)cc1)C(=O)NCC(=O)O. The van der Waals surface area contributed by atoms with Crippen LogP contribution in [-0.2, 0) is 92.7 Å². The van der Waals surface area contributed by atoms with Crippen LogP contribution in [-0.4, -0.2) is 326 Å². The summed E-state index contributed by atoms with van der Waals surface area (Å²) >= 11 is 0. The van der Waals surface area contributed by atoms with Crippen molar-refractivity contribution in [3.63, 3.8) is 0 Å². The van der Waals surface area contributed by atoms with Crippen LogP contribution in [0, 0.1) is 32.5 Å². The van der Waals surface area contributed by atoms with E-state index in [0.717, 1.165) is 0 Å². The van der Waals surface area contributed by atoms with Crippen molar-refractivity contribution in [3.8, 4) is 5.75 Å². The first-order valence-electron chi connectivity index (χ1n) is 46.5. The van der Waals surface area contributed by atoms with Crippen LogP contribution in [0.2, 0.25) is 0 Å². The number of aromatic hydroxyl groups is 1. The van der Waals surface area contributed by atoms with Crippen molar-refractivity contribution in [1.29, 1.82) is 32.5 Å². The van der Waals surface area contributed by atoms with Gasteiger partial charge < -0.3 is 184 Å². The van der Waals surface area contributed by atoms with Gasteiger partial charge in [0.25, 0.3) is 0 Å². The first-order valence-corrected chi connectivity index (χ1v) is 46.5. The van der Waals surface area contributed by atoms with Crippen molar-refractivity contribution in [3.05, 3.63) is 29.8 Å². The third kappa shape index (κ3) is 48.7. The first kappa shape index (κ1) is 120. The van der Waals surface area contributed by atoms with Gasteiger partial charge in [0.2, 0.25) is 100 Å². The molecule has 788 valence electrons. The molecule has 17 amide bonds. The van der Waals surface area contributed by atoms with Gasteiger partial charge in [-0.15, -0.1) is 0 Å². The lowest BCUT2D eigenvalue weighted by Crippen LogP contribution is -2.61. The van der Waals surface area contributed by atoms with E-state index in [2.05, 4.69) is 101 Å². The molecule has 3 rings (SSSR count). The molecule has 2 saturated heterocycles. The number of rotatable bonds is 69. The molecule has 2 aliphatic rings. The van der Waals surface area contributed by atoms with Crippen LogP contribution in [0.25, 0.3) is 0 Å². The van der Waals surface area contributed by atoms with Crippen LogP contribution in [0.3, 0.4) is 0 Å². The zero-order valence-corrected chi connectivity index (χ0v) is 79.1. The van der Waals surface area contributed by atoms with Crippen LogP contribution >= 0.6 is 0 Å². The second kappa shape index (κ2) is 65.7.